The first kappa shape index (κ1) is 12.5. The van der Waals surface area contributed by atoms with Gasteiger partial charge in [0.15, 0.2) is 0 Å². The monoisotopic (exact) mass is 323 g/mol. The summed E-state index contributed by atoms with van der Waals surface area (Å²) in [6.45, 7) is 5.69. The van der Waals surface area contributed by atoms with Crippen molar-refractivity contribution in [2.24, 2.45) is 0 Å². The average molecular weight is 323 g/mol. The summed E-state index contributed by atoms with van der Waals surface area (Å²) in [5, 5.41) is 0. The molecule has 2 amide bonds. The van der Waals surface area contributed by atoms with E-state index in [1.807, 2.05) is 22.6 Å². The van der Waals surface area contributed by atoms with Crippen molar-refractivity contribution in [2.45, 2.75) is 29.7 Å². The Balaban J connectivity index is 2.68. The van der Waals surface area contributed by atoms with E-state index >= 15 is 0 Å². The maximum atomic E-state index is 11.7. The van der Waals surface area contributed by atoms with Crippen molar-refractivity contribution < 1.29 is 14.3 Å². The Morgan fingerprint density at radius 1 is 1.87 bits per heavy atom. The molecule has 0 radical (unpaired) electrons. The number of nitrogens with zero attached hydrogens (tertiary/aromatic N) is 1. The van der Waals surface area contributed by atoms with Gasteiger partial charge in [0.2, 0.25) is 5.91 Å². The minimum atomic E-state index is -0.516. The molecule has 1 rings (SSSR count). The van der Waals surface area contributed by atoms with Crippen LogP contribution in [-0.2, 0) is 9.53 Å². The van der Waals surface area contributed by atoms with E-state index in [9.17, 15) is 9.59 Å². The highest BCUT2D eigenvalue weighted by Gasteiger charge is 2.38. The fourth-order valence-corrected chi connectivity index (χ4v) is 1.74. The number of alkyl halides is 1. The molecule has 0 N–H and O–H groups in total. The number of imide groups is 1. The Labute approximate surface area is 103 Å². The summed E-state index contributed by atoms with van der Waals surface area (Å²) in [5.41, 5.74) is 0. The van der Waals surface area contributed by atoms with E-state index in [1.54, 1.807) is 13.0 Å². The molecule has 0 aliphatic carbocycles. The van der Waals surface area contributed by atoms with Crippen LogP contribution >= 0.6 is 22.6 Å². The molecule has 1 heterocycles. The van der Waals surface area contributed by atoms with Crippen molar-refractivity contribution in [1.82, 2.24) is 4.90 Å². The minimum absolute atomic E-state index is 0.125. The molecule has 1 saturated heterocycles. The van der Waals surface area contributed by atoms with Crippen molar-refractivity contribution in [1.29, 1.82) is 0 Å². The summed E-state index contributed by atoms with van der Waals surface area (Å²) in [4.78, 5) is 24.3. The van der Waals surface area contributed by atoms with Crippen molar-refractivity contribution >= 4 is 34.6 Å². The average Bonchev–Trinajstić information content (AvgIpc) is 2.55. The number of allylic oxidation sites excluding steroid dienone is 1. The van der Waals surface area contributed by atoms with Crippen LogP contribution in [0.25, 0.3) is 0 Å². The van der Waals surface area contributed by atoms with Crippen molar-refractivity contribution in [3.63, 3.8) is 0 Å². The number of hydrogen-bond donors (Lipinski definition) is 0. The van der Waals surface area contributed by atoms with E-state index in [0.29, 0.717) is 6.61 Å². The zero-order valence-electron chi connectivity index (χ0n) is 8.61. The van der Waals surface area contributed by atoms with E-state index in [2.05, 4.69) is 6.58 Å². The number of cyclic esters (lactones) is 1. The maximum Gasteiger partial charge on any atom is 0.417 e. The quantitative estimate of drug-likeness (QED) is 0.452. The minimum Gasteiger partial charge on any atom is -0.447 e. The van der Waals surface area contributed by atoms with Crippen LogP contribution in [-0.4, -0.2) is 33.5 Å². The van der Waals surface area contributed by atoms with Crippen LogP contribution in [0.4, 0.5) is 4.79 Å². The predicted octanol–water partition coefficient (Wildman–Crippen LogP) is 2.12. The molecule has 2 unspecified atom stereocenters. The lowest BCUT2D eigenvalue weighted by atomic mass is 10.1. The molecule has 0 aromatic heterocycles. The summed E-state index contributed by atoms with van der Waals surface area (Å²) >= 11 is 2.00. The van der Waals surface area contributed by atoms with Gasteiger partial charge in [-0.3, -0.25) is 4.79 Å². The van der Waals surface area contributed by atoms with Gasteiger partial charge in [0, 0.05) is 0 Å². The first-order valence-electron chi connectivity index (χ1n) is 4.82. The largest absolute Gasteiger partial charge is 0.447 e. The zero-order valence-corrected chi connectivity index (χ0v) is 10.8. The fourth-order valence-electron chi connectivity index (χ4n) is 1.44. The molecule has 1 aliphatic rings. The van der Waals surface area contributed by atoms with Crippen molar-refractivity contribution in [2.75, 3.05) is 6.61 Å². The molecule has 0 bridgehead atoms. The topological polar surface area (TPSA) is 46.6 Å². The lowest BCUT2D eigenvalue weighted by molar-refractivity contribution is -0.128. The molecule has 15 heavy (non-hydrogen) atoms. The van der Waals surface area contributed by atoms with Gasteiger partial charge >= 0.3 is 6.09 Å². The number of amides is 2. The van der Waals surface area contributed by atoms with Gasteiger partial charge in [-0.2, -0.15) is 0 Å². The highest BCUT2D eigenvalue weighted by molar-refractivity contribution is 14.1. The van der Waals surface area contributed by atoms with E-state index in [1.165, 1.54) is 4.90 Å². The lowest BCUT2D eigenvalue weighted by Gasteiger charge is -2.20. The van der Waals surface area contributed by atoms with Gasteiger partial charge < -0.3 is 4.74 Å². The van der Waals surface area contributed by atoms with E-state index in [4.69, 9.17) is 4.74 Å². The van der Waals surface area contributed by atoms with Gasteiger partial charge in [-0.15, -0.1) is 6.58 Å². The molecule has 4 nitrogen and oxygen atoms in total. The third-order valence-electron chi connectivity index (χ3n) is 2.24. The number of carbonyl (C=O) groups is 2. The molecule has 2 atom stereocenters. The first-order chi connectivity index (χ1) is 7.07. The van der Waals surface area contributed by atoms with Gasteiger partial charge in [0.05, 0.1) is 9.97 Å². The second kappa shape index (κ2) is 5.48. The Hall–Kier alpha value is -0.590. The Morgan fingerprint density at radius 3 is 3.07 bits per heavy atom. The lowest BCUT2D eigenvalue weighted by Crippen LogP contribution is -2.42. The van der Waals surface area contributed by atoms with Gasteiger partial charge in [0.1, 0.15) is 6.61 Å². The van der Waals surface area contributed by atoms with Crippen molar-refractivity contribution in [3.05, 3.63) is 12.7 Å². The summed E-state index contributed by atoms with van der Waals surface area (Å²) in [7, 11) is 0. The molecule has 0 aromatic rings. The van der Waals surface area contributed by atoms with Crippen LogP contribution in [0.3, 0.4) is 0 Å². The summed E-state index contributed by atoms with van der Waals surface area (Å²) in [6, 6.07) is -0.125. The summed E-state index contributed by atoms with van der Waals surface area (Å²) in [5.74, 6) is -0.174. The SMILES string of the molecule is C=CCCC1COC(=O)N1C(=O)C(C)I. The maximum absolute atomic E-state index is 11.7. The molecular weight excluding hydrogens is 309 g/mol. The van der Waals surface area contributed by atoms with Gasteiger partial charge in [-0.1, -0.05) is 28.7 Å². The smallest absolute Gasteiger partial charge is 0.417 e. The van der Waals surface area contributed by atoms with Crippen LogP contribution in [0.1, 0.15) is 19.8 Å². The van der Waals surface area contributed by atoms with Crippen molar-refractivity contribution in [3.8, 4) is 0 Å². The number of carbonyl (C=O) groups excluding carboxylic acids is 2. The Morgan fingerprint density at radius 2 is 2.53 bits per heavy atom. The standard InChI is InChI=1S/C10H14INO3/c1-3-4-5-8-6-15-10(14)12(8)9(13)7(2)11/h3,7-8H,1,4-6H2,2H3. The highest BCUT2D eigenvalue weighted by Crippen LogP contribution is 2.20. The summed E-state index contributed by atoms with van der Waals surface area (Å²) < 4.78 is 4.67. The Kier molecular flexibility index (Phi) is 4.56. The molecule has 0 saturated carbocycles. The molecule has 1 aliphatic heterocycles. The number of rotatable bonds is 4. The zero-order chi connectivity index (χ0) is 11.4. The van der Waals surface area contributed by atoms with Crippen LogP contribution in [0.2, 0.25) is 0 Å². The number of hydrogen-bond acceptors (Lipinski definition) is 3. The van der Waals surface area contributed by atoms with Gasteiger partial charge in [-0.25, -0.2) is 9.69 Å². The number of ether oxygens (including phenoxy) is 1. The molecule has 1 fully saturated rings. The first-order valence-corrected chi connectivity index (χ1v) is 6.07. The highest BCUT2D eigenvalue weighted by atomic mass is 127. The van der Waals surface area contributed by atoms with Gasteiger partial charge in [-0.05, 0) is 19.8 Å². The molecule has 0 spiro atoms. The second-order valence-corrected chi connectivity index (χ2v) is 5.29. The molecule has 0 aromatic carbocycles. The third kappa shape index (κ3) is 2.93. The van der Waals surface area contributed by atoms with Crippen LogP contribution in [0.15, 0.2) is 12.7 Å². The summed E-state index contributed by atoms with van der Waals surface area (Å²) in [6.07, 6.45) is 2.77. The third-order valence-corrected chi connectivity index (χ3v) is 2.78. The molecule has 84 valence electrons. The molecular formula is C10H14INO3. The van der Waals surface area contributed by atoms with E-state index < -0.39 is 6.09 Å². The van der Waals surface area contributed by atoms with E-state index in [0.717, 1.165) is 12.8 Å². The van der Waals surface area contributed by atoms with Crippen LogP contribution in [0, 0.1) is 0 Å². The van der Waals surface area contributed by atoms with Crippen LogP contribution in [0.5, 0.6) is 0 Å². The van der Waals surface area contributed by atoms with Gasteiger partial charge in [0.25, 0.3) is 0 Å². The number of halogens is 1. The predicted molar refractivity (Wildman–Crippen MR) is 64.9 cm³/mol. The normalized spacial score (nSPS) is 22.4. The Bertz CT molecular complexity index is 278. The second-order valence-electron chi connectivity index (χ2n) is 3.42. The molecule has 5 heteroatoms. The van der Waals surface area contributed by atoms with Crippen LogP contribution < -0.4 is 0 Å². The van der Waals surface area contributed by atoms with E-state index in [-0.39, 0.29) is 15.9 Å². The fraction of sp³-hybridized carbons (Fsp3) is 0.600.